The smallest absolute Gasteiger partial charge is 0.0463 e. The molecule has 1 unspecified atom stereocenters. The maximum absolute atomic E-state index is 2.44. The number of rotatable bonds is 12. The third-order valence-corrected chi connectivity index (χ3v) is 10.8. The molecule has 0 saturated heterocycles. The molecule has 1 aliphatic rings. The lowest BCUT2D eigenvalue weighted by atomic mass is 9.93. The van der Waals surface area contributed by atoms with Gasteiger partial charge in [-0.15, -0.1) is 0 Å². The van der Waals surface area contributed by atoms with Gasteiger partial charge in [0.1, 0.15) is 0 Å². The molecule has 0 bridgehead atoms. The van der Waals surface area contributed by atoms with Gasteiger partial charge >= 0.3 is 0 Å². The Morgan fingerprint density at radius 1 is 0.271 bits per heavy atom. The fourth-order valence-corrected chi connectivity index (χ4v) is 8.08. The number of nitrogens with zero attached hydrogens (tertiary/aromatic N) is 4. The summed E-state index contributed by atoms with van der Waals surface area (Å²) in [7, 11) is 0. The zero-order valence-corrected chi connectivity index (χ0v) is 33.2. The highest BCUT2D eigenvalue weighted by atomic mass is 15.2. The molecule has 8 aromatic carbocycles. The monoisotopic (exact) mass is 762 g/mol. The minimum Gasteiger partial charge on any atom is -0.314 e. The summed E-state index contributed by atoms with van der Waals surface area (Å²) >= 11 is 0. The van der Waals surface area contributed by atoms with Crippen LogP contribution < -0.4 is 19.6 Å². The lowest BCUT2D eigenvalue weighted by Gasteiger charge is -2.37. The zero-order chi connectivity index (χ0) is 39.8. The first-order valence-corrected chi connectivity index (χ1v) is 20.3. The Balaban J connectivity index is 1.14. The molecule has 59 heavy (non-hydrogen) atoms. The van der Waals surface area contributed by atoms with E-state index in [1.165, 1.54) is 11.4 Å². The van der Waals surface area contributed by atoms with E-state index in [4.69, 9.17) is 0 Å². The van der Waals surface area contributed by atoms with Crippen LogP contribution in [0.25, 0.3) is 0 Å². The lowest BCUT2D eigenvalue weighted by molar-refractivity contribution is 0.640. The van der Waals surface area contributed by atoms with E-state index in [2.05, 4.69) is 269 Å². The summed E-state index contributed by atoms with van der Waals surface area (Å²) in [6.07, 6.45) is 5.50. The van der Waals surface area contributed by atoms with Crippen molar-refractivity contribution in [1.29, 1.82) is 0 Å². The van der Waals surface area contributed by atoms with E-state index in [0.717, 1.165) is 63.3 Å². The average Bonchev–Trinajstić information content (AvgIpc) is 3.31. The van der Waals surface area contributed by atoms with Crippen molar-refractivity contribution >= 4 is 56.9 Å². The molecule has 0 saturated carbocycles. The molecule has 0 heterocycles. The maximum atomic E-state index is 2.44. The van der Waals surface area contributed by atoms with Crippen LogP contribution in [0.1, 0.15) is 13.3 Å². The highest BCUT2D eigenvalue weighted by molar-refractivity contribution is 5.81. The maximum Gasteiger partial charge on any atom is 0.0463 e. The molecule has 0 fully saturated rings. The van der Waals surface area contributed by atoms with Gasteiger partial charge in [0.25, 0.3) is 0 Å². The first-order valence-electron chi connectivity index (χ1n) is 20.3. The van der Waals surface area contributed by atoms with Gasteiger partial charge in [-0.25, -0.2) is 0 Å². The molecule has 0 radical (unpaired) electrons. The Bertz CT molecular complexity index is 2370. The summed E-state index contributed by atoms with van der Waals surface area (Å²) in [6, 6.07) is 81.7. The van der Waals surface area contributed by atoms with Gasteiger partial charge in [0.2, 0.25) is 0 Å². The van der Waals surface area contributed by atoms with E-state index < -0.39 is 0 Å². The van der Waals surface area contributed by atoms with E-state index >= 15 is 0 Å². The Hall–Kier alpha value is -7.56. The van der Waals surface area contributed by atoms with Crippen molar-refractivity contribution in [3.05, 3.63) is 254 Å². The zero-order valence-electron chi connectivity index (χ0n) is 33.2. The minimum absolute atomic E-state index is 0.208. The molecule has 4 nitrogen and oxygen atoms in total. The highest BCUT2D eigenvalue weighted by Crippen LogP contribution is 2.43. The Morgan fingerprint density at radius 2 is 0.508 bits per heavy atom. The summed E-state index contributed by atoms with van der Waals surface area (Å²) in [5.41, 5.74) is 13.6. The Labute approximate surface area is 348 Å². The molecular formula is C55H46N4. The van der Waals surface area contributed by atoms with Gasteiger partial charge in [0.05, 0.1) is 0 Å². The SMILES string of the molecule is CC1CC(N(c2ccccc2)c2ccccc2)=CC=C1N(c1ccc(N(c2ccccc2)c2ccccc2)cc1)c1ccc(N(c2ccccc2)c2ccccc2)cc1. The van der Waals surface area contributed by atoms with Crippen LogP contribution in [-0.4, -0.2) is 0 Å². The Morgan fingerprint density at radius 3 is 0.780 bits per heavy atom. The lowest BCUT2D eigenvalue weighted by Crippen LogP contribution is -2.27. The summed E-state index contributed by atoms with van der Waals surface area (Å²) in [5, 5.41) is 0. The topological polar surface area (TPSA) is 13.0 Å². The molecule has 0 N–H and O–H groups in total. The summed E-state index contributed by atoms with van der Waals surface area (Å²) in [5.74, 6) is 0.208. The van der Waals surface area contributed by atoms with Crippen LogP contribution in [0.15, 0.2) is 254 Å². The first kappa shape index (κ1) is 37.0. The molecule has 1 aliphatic carbocycles. The number of allylic oxidation sites excluding steroid dienone is 4. The van der Waals surface area contributed by atoms with Crippen molar-refractivity contribution in [2.75, 3.05) is 19.6 Å². The van der Waals surface area contributed by atoms with Crippen LogP contribution >= 0.6 is 0 Å². The van der Waals surface area contributed by atoms with Crippen molar-refractivity contribution < 1.29 is 0 Å². The van der Waals surface area contributed by atoms with E-state index in [-0.39, 0.29) is 5.92 Å². The molecule has 8 aromatic rings. The van der Waals surface area contributed by atoms with Crippen molar-refractivity contribution in [2.24, 2.45) is 5.92 Å². The molecule has 1 atom stereocenters. The van der Waals surface area contributed by atoms with Gasteiger partial charge < -0.3 is 19.6 Å². The van der Waals surface area contributed by atoms with Gasteiger partial charge in [-0.3, -0.25) is 0 Å². The van der Waals surface area contributed by atoms with Crippen LogP contribution in [0.4, 0.5) is 56.9 Å². The molecule has 0 amide bonds. The number of anilines is 10. The van der Waals surface area contributed by atoms with Crippen molar-refractivity contribution in [3.63, 3.8) is 0 Å². The van der Waals surface area contributed by atoms with Gasteiger partial charge in [-0.1, -0.05) is 116 Å². The molecule has 0 aromatic heterocycles. The van der Waals surface area contributed by atoms with E-state index in [1.807, 2.05) is 0 Å². The summed E-state index contributed by atoms with van der Waals surface area (Å²) in [4.78, 5) is 9.45. The van der Waals surface area contributed by atoms with Crippen molar-refractivity contribution in [3.8, 4) is 0 Å². The van der Waals surface area contributed by atoms with Crippen molar-refractivity contribution in [1.82, 2.24) is 0 Å². The molecule has 0 aliphatic heterocycles. The second-order valence-corrected chi connectivity index (χ2v) is 14.7. The average molecular weight is 763 g/mol. The largest absolute Gasteiger partial charge is 0.314 e. The molecule has 4 heteroatoms. The first-order chi connectivity index (χ1) is 29.2. The molecule has 0 spiro atoms. The predicted octanol–water partition coefficient (Wildman–Crippen LogP) is 15.4. The second-order valence-electron chi connectivity index (χ2n) is 14.7. The fraction of sp³-hybridized carbons (Fsp3) is 0.0545. The van der Waals surface area contributed by atoms with Crippen LogP contribution in [0.3, 0.4) is 0 Å². The molecule has 9 rings (SSSR count). The second kappa shape index (κ2) is 17.3. The van der Waals surface area contributed by atoms with Crippen LogP contribution in [0.2, 0.25) is 0 Å². The van der Waals surface area contributed by atoms with Gasteiger partial charge in [-0.05, 0) is 140 Å². The van der Waals surface area contributed by atoms with Crippen LogP contribution in [0.5, 0.6) is 0 Å². The predicted molar refractivity (Wildman–Crippen MR) is 249 cm³/mol. The summed E-state index contributed by atoms with van der Waals surface area (Å²) in [6.45, 7) is 2.35. The minimum atomic E-state index is 0.208. The number of benzene rings is 8. The standard InChI is InChI=1S/C55H46N4/c1-43-42-54(58(48-28-16-6-17-29-48)49-30-18-7-19-31-49)40-41-55(43)59(52-36-32-50(33-37-52)56(44-20-8-2-9-21-44)45-22-10-3-11-23-45)53-38-34-51(35-39-53)57(46-24-12-4-13-25-46)47-26-14-5-15-27-47/h2-41,43H,42H2,1H3. The third-order valence-electron chi connectivity index (χ3n) is 10.8. The number of hydrogen-bond donors (Lipinski definition) is 0. The van der Waals surface area contributed by atoms with E-state index in [1.54, 1.807) is 0 Å². The van der Waals surface area contributed by atoms with Crippen LogP contribution in [0, 0.1) is 5.92 Å². The van der Waals surface area contributed by atoms with Gasteiger partial charge in [0.15, 0.2) is 0 Å². The Kier molecular flexibility index (Phi) is 10.9. The normalized spacial score (nSPS) is 13.5. The number of hydrogen-bond acceptors (Lipinski definition) is 4. The number of para-hydroxylation sites is 6. The molecular weight excluding hydrogens is 717 g/mol. The van der Waals surface area contributed by atoms with E-state index in [9.17, 15) is 0 Å². The van der Waals surface area contributed by atoms with E-state index in [0.29, 0.717) is 0 Å². The van der Waals surface area contributed by atoms with Gasteiger partial charge in [-0.2, -0.15) is 0 Å². The highest BCUT2D eigenvalue weighted by Gasteiger charge is 2.27. The van der Waals surface area contributed by atoms with Gasteiger partial charge in [0, 0.05) is 74.2 Å². The van der Waals surface area contributed by atoms with Crippen LogP contribution in [-0.2, 0) is 0 Å². The third kappa shape index (κ3) is 8.03. The fourth-order valence-electron chi connectivity index (χ4n) is 8.08. The van der Waals surface area contributed by atoms with Crippen molar-refractivity contribution in [2.45, 2.75) is 13.3 Å². The summed E-state index contributed by atoms with van der Waals surface area (Å²) < 4.78 is 0. The quantitative estimate of drug-likeness (QED) is 0.123. The molecule has 286 valence electrons.